The van der Waals surface area contributed by atoms with E-state index in [9.17, 15) is 4.39 Å². The lowest BCUT2D eigenvalue weighted by Gasteiger charge is -2.07. The summed E-state index contributed by atoms with van der Waals surface area (Å²) >= 11 is 8.95. The predicted octanol–water partition coefficient (Wildman–Crippen LogP) is 5.12. The van der Waals surface area contributed by atoms with Crippen LogP contribution in [0.15, 0.2) is 46.9 Å². The molecule has 0 bridgehead atoms. The highest BCUT2D eigenvalue weighted by Crippen LogP contribution is 2.27. The van der Waals surface area contributed by atoms with E-state index in [2.05, 4.69) is 15.9 Å². The van der Waals surface area contributed by atoms with E-state index in [1.807, 2.05) is 12.1 Å². The molecule has 0 saturated heterocycles. The van der Waals surface area contributed by atoms with E-state index in [0.29, 0.717) is 11.6 Å². The zero-order valence-electron chi connectivity index (χ0n) is 8.79. The Morgan fingerprint density at radius 1 is 1.12 bits per heavy atom. The van der Waals surface area contributed by atoms with Crippen molar-refractivity contribution in [3.8, 4) is 11.5 Å². The zero-order valence-corrected chi connectivity index (χ0v) is 11.1. The van der Waals surface area contributed by atoms with Gasteiger partial charge < -0.3 is 4.74 Å². The zero-order chi connectivity index (χ0) is 12.3. The van der Waals surface area contributed by atoms with Gasteiger partial charge in [0, 0.05) is 10.4 Å². The van der Waals surface area contributed by atoms with Gasteiger partial charge in [-0.25, -0.2) is 4.39 Å². The average molecular weight is 316 g/mol. The van der Waals surface area contributed by atoms with E-state index in [0.717, 1.165) is 10.0 Å². The molecule has 0 amide bonds. The van der Waals surface area contributed by atoms with E-state index >= 15 is 0 Å². The van der Waals surface area contributed by atoms with Crippen molar-refractivity contribution >= 4 is 27.5 Å². The fraction of sp³-hybridized carbons (Fsp3) is 0.0769. The van der Waals surface area contributed by atoms with Gasteiger partial charge in [-0.3, -0.25) is 0 Å². The van der Waals surface area contributed by atoms with E-state index in [-0.39, 0.29) is 5.75 Å². The van der Waals surface area contributed by atoms with Crippen LogP contribution in [0.3, 0.4) is 0 Å². The molecule has 0 saturated carbocycles. The fourth-order valence-corrected chi connectivity index (χ4v) is 1.85. The third-order valence-corrected chi connectivity index (χ3v) is 3.00. The van der Waals surface area contributed by atoms with Gasteiger partial charge in [0.2, 0.25) is 0 Å². The summed E-state index contributed by atoms with van der Waals surface area (Å²) in [6.07, 6.45) is 0. The molecule has 2 aromatic rings. The highest BCUT2D eigenvalue weighted by molar-refractivity contribution is 9.10. The summed E-state index contributed by atoms with van der Waals surface area (Å²) in [5.74, 6) is 0.828. The van der Waals surface area contributed by atoms with E-state index in [1.54, 1.807) is 24.3 Å². The van der Waals surface area contributed by atoms with Crippen LogP contribution in [0.5, 0.6) is 11.5 Å². The van der Waals surface area contributed by atoms with Crippen LogP contribution in [0.25, 0.3) is 0 Å². The van der Waals surface area contributed by atoms with Gasteiger partial charge in [-0.05, 0) is 35.9 Å². The van der Waals surface area contributed by atoms with Crippen LogP contribution >= 0.6 is 27.5 Å². The molecule has 0 heterocycles. The second-order valence-electron chi connectivity index (χ2n) is 3.45. The number of hydrogen-bond donors (Lipinski definition) is 0. The molecule has 0 radical (unpaired) electrons. The molecule has 0 spiro atoms. The summed E-state index contributed by atoms with van der Waals surface area (Å²) in [5, 5.41) is 0. The summed E-state index contributed by atoms with van der Waals surface area (Å²) in [4.78, 5) is 0. The van der Waals surface area contributed by atoms with Crippen molar-refractivity contribution < 1.29 is 9.13 Å². The van der Waals surface area contributed by atoms with E-state index < -0.39 is 5.82 Å². The summed E-state index contributed by atoms with van der Waals surface area (Å²) in [6, 6.07) is 11.8. The van der Waals surface area contributed by atoms with Crippen LogP contribution in [0.4, 0.5) is 4.39 Å². The largest absolute Gasteiger partial charge is 0.454 e. The molecule has 0 aliphatic rings. The molecule has 0 aliphatic carbocycles. The molecule has 0 aromatic heterocycles. The minimum Gasteiger partial charge on any atom is -0.454 e. The average Bonchev–Trinajstić information content (AvgIpc) is 2.35. The summed E-state index contributed by atoms with van der Waals surface area (Å²) in [5.41, 5.74) is 0.994. The first-order valence-electron chi connectivity index (χ1n) is 4.97. The Morgan fingerprint density at radius 3 is 2.47 bits per heavy atom. The van der Waals surface area contributed by atoms with Crippen LogP contribution in [0.2, 0.25) is 0 Å². The number of rotatable bonds is 3. The Hall–Kier alpha value is -1.06. The maximum atomic E-state index is 13.4. The monoisotopic (exact) mass is 314 g/mol. The van der Waals surface area contributed by atoms with Gasteiger partial charge in [0.15, 0.2) is 11.6 Å². The fourth-order valence-electron chi connectivity index (χ4n) is 1.33. The molecule has 0 unspecified atom stereocenters. The SMILES string of the molecule is Fc1ccc(Br)cc1Oc1ccc(CCl)cc1. The number of ether oxygens (including phenoxy) is 1. The number of hydrogen-bond acceptors (Lipinski definition) is 1. The van der Waals surface area contributed by atoms with Crippen molar-refractivity contribution in [2.24, 2.45) is 0 Å². The molecule has 0 N–H and O–H groups in total. The number of alkyl halides is 1. The van der Waals surface area contributed by atoms with Crippen LogP contribution in [-0.2, 0) is 5.88 Å². The molecule has 0 atom stereocenters. The van der Waals surface area contributed by atoms with Gasteiger partial charge in [0.1, 0.15) is 5.75 Å². The highest BCUT2D eigenvalue weighted by atomic mass is 79.9. The smallest absolute Gasteiger partial charge is 0.165 e. The van der Waals surface area contributed by atoms with E-state index in [4.69, 9.17) is 16.3 Å². The van der Waals surface area contributed by atoms with Crippen molar-refractivity contribution in [1.29, 1.82) is 0 Å². The maximum absolute atomic E-state index is 13.4. The molecule has 17 heavy (non-hydrogen) atoms. The molecule has 0 aliphatic heterocycles. The van der Waals surface area contributed by atoms with Crippen LogP contribution in [0, 0.1) is 5.82 Å². The third-order valence-electron chi connectivity index (χ3n) is 2.20. The van der Waals surface area contributed by atoms with Crippen LogP contribution in [0.1, 0.15) is 5.56 Å². The first-order valence-corrected chi connectivity index (χ1v) is 6.29. The quantitative estimate of drug-likeness (QED) is 0.714. The van der Waals surface area contributed by atoms with Crippen molar-refractivity contribution in [3.05, 3.63) is 58.3 Å². The Kier molecular flexibility index (Phi) is 4.02. The molecular formula is C13H9BrClFO. The van der Waals surface area contributed by atoms with Gasteiger partial charge in [0.05, 0.1) is 0 Å². The molecule has 2 rings (SSSR count). The molecule has 1 nitrogen and oxygen atoms in total. The minimum absolute atomic E-state index is 0.193. The molecule has 88 valence electrons. The predicted molar refractivity (Wildman–Crippen MR) is 70.2 cm³/mol. The normalized spacial score (nSPS) is 10.3. The van der Waals surface area contributed by atoms with E-state index in [1.165, 1.54) is 6.07 Å². The van der Waals surface area contributed by atoms with Gasteiger partial charge in [0.25, 0.3) is 0 Å². The minimum atomic E-state index is -0.394. The summed E-state index contributed by atoms with van der Waals surface area (Å²) in [7, 11) is 0. The Morgan fingerprint density at radius 2 is 1.82 bits per heavy atom. The lowest BCUT2D eigenvalue weighted by atomic mass is 10.2. The second-order valence-corrected chi connectivity index (χ2v) is 4.64. The van der Waals surface area contributed by atoms with Crippen molar-refractivity contribution in [3.63, 3.8) is 0 Å². The Bertz CT molecular complexity index is 513. The second kappa shape index (κ2) is 5.52. The highest BCUT2D eigenvalue weighted by Gasteiger charge is 2.05. The topological polar surface area (TPSA) is 9.23 Å². The first kappa shape index (κ1) is 12.4. The molecule has 2 aromatic carbocycles. The lowest BCUT2D eigenvalue weighted by Crippen LogP contribution is -1.88. The Balaban J connectivity index is 2.22. The van der Waals surface area contributed by atoms with Gasteiger partial charge in [-0.2, -0.15) is 0 Å². The van der Waals surface area contributed by atoms with Crippen molar-refractivity contribution in [2.45, 2.75) is 5.88 Å². The van der Waals surface area contributed by atoms with Crippen LogP contribution < -0.4 is 4.74 Å². The van der Waals surface area contributed by atoms with Gasteiger partial charge >= 0.3 is 0 Å². The molecule has 0 fully saturated rings. The maximum Gasteiger partial charge on any atom is 0.165 e. The molecule has 4 heteroatoms. The lowest BCUT2D eigenvalue weighted by molar-refractivity contribution is 0.442. The molecular weight excluding hydrogens is 306 g/mol. The number of halogens is 3. The Labute approximate surface area is 112 Å². The van der Waals surface area contributed by atoms with Crippen molar-refractivity contribution in [2.75, 3.05) is 0 Å². The summed E-state index contributed by atoms with van der Waals surface area (Å²) < 4.78 is 19.6. The van der Waals surface area contributed by atoms with Crippen molar-refractivity contribution in [1.82, 2.24) is 0 Å². The van der Waals surface area contributed by atoms with Gasteiger partial charge in [-0.1, -0.05) is 28.1 Å². The number of benzene rings is 2. The first-order chi connectivity index (χ1) is 8.19. The van der Waals surface area contributed by atoms with Crippen LogP contribution in [-0.4, -0.2) is 0 Å². The summed E-state index contributed by atoms with van der Waals surface area (Å²) in [6.45, 7) is 0. The third kappa shape index (κ3) is 3.20. The van der Waals surface area contributed by atoms with Gasteiger partial charge in [-0.15, -0.1) is 11.6 Å². The standard InChI is InChI=1S/C13H9BrClFO/c14-10-3-6-12(16)13(7-10)17-11-4-1-9(8-15)2-5-11/h1-7H,8H2.